The number of imidazole rings is 1. The Balaban J connectivity index is 1.60. The first-order valence-corrected chi connectivity index (χ1v) is 10.5. The van der Waals surface area contributed by atoms with Gasteiger partial charge in [-0.05, 0) is 42.8 Å². The van der Waals surface area contributed by atoms with Crippen LogP contribution in [0.3, 0.4) is 0 Å². The van der Waals surface area contributed by atoms with Crippen LogP contribution in [0, 0.1) is 6.92 Å². The Bertz CT molecular complexity index is 1190. The van der Waals surface area contributed by atoms with Gasteiger partial charge in [0.1, 0.15) is 18.8 Å². The lowest BCUT2D eigenvalue weighted by atomic mass is 10.3. The highest BCUT2D eigenvalue weighted by Gasteiger charge is 2.23. The second kappa shape index (κ2) is 8.64. The molecule has 0 fully saturated rings. The Hall–Kier alpha value is -3.24. The van der Waals surface area contributed by atoms with Crippen molar-refractivity contribution in [1.82, 2.24) is 13.7 Å². The SMILES string of the molecule is CC(=O)Nc1ccc(S(=O)(=O)N(C)CC(=O)OCc2cn3cc(C)ccc3n2)cc1. The molecule has 0 aliphatic carbocycles. The van der Waals surface area contributed by atoms with Crippen molar-refractivity contribution in [2.24, 2.45) is 0 Å². The number of pyridine rings is 1. The third-order valence-corrected chi connectivity index (χ3v) is 6.08. The number of ether oxygens (including phenoxy) is 1. The van der Waals surface area contributed by atoms with Gasteiger partial charge in [-0.15, -0.1) is 0 Å². The Morgan fingerprint density at radius 2 is 1.83 bits per heavy atom. The molecule has 1 aromatic carbocycles. The van der Waals surface area contributed by atoms with E-state index in [1.165, 1.54) is 38.2 Å². The van der Waals surface area contributed by atoms with Gasteiger partial charge in [-0.1, -0.05) is 6.07 Å². The van der Waals surface area contributed by atoms with E-state index in [0.717, 1.165) is 15.5 Å². The first-order chi connectivity index (χ1) is 14.1. The number of esters is 1. The highest BCUT2D eigenvalue weighted by atomic mass is 32.2. The van der Waals surface area contributed by atoms with Gasteiger partial charge in [-0.25, -0.2) is 13.4 Å². The van der Waals surface area contributed by atoms with Gasteiger partial charge >= 0.3 is 5.97 Å². The molecule has 2 aromatic heterocycles. The number of benzene rings is 1. The smallest absolute Gasteiger partial charge is 0.321 e. The third-order valence-electron chi connectivity index (χ3n) is 4.26. The van der Waals surface area contributed by atoms with Crippen LogP contribution in [0.5, 0.6) is 0 Å². The maximum atomic E-state index is 12.6. The molecule has 0 aliphatic rings. The number of fused-ring (bicyclic) bond motifs is 1. The number of anilines is 1. The van der Waals surface area contributed by atoms with Gasteiger partial charge in [0.25, 0.3) is 0 Å². The van der Waals surface area contributed by atoms with Crippen molar-refractivity contribution in [3.8, 4) is 0 Å². The molecular formula is C20H22N4O5S. The second-order valence-corrected chi connectivity index (χ2v) is 8.88. The molecule has 3 rings (SSSR count). The lowest BCUT2D eigenvalue weighted by Gasteiger charge is -2.16. The van der Waals surface area contributed by atoms with Gasteiger partial charge in [0.05, 0.1) is 10.6 Å². The molecule has 1 amide bonds. The number of carbonyl (C=O) groups excluding carboxylic acids is 2. The summed E-state index contributed by atoms with van der Waals surface area (Å²) >= 11 is 0. The first-order valence-electron chi connectivity index (χ1n) is 9.09. The fourth-order valence-corrected chi connectivity index (χ4v) is 3.90. The predicted octanol–water partition coefficient (Wildman–Crippen LogP) is 1.97. The molecule has 0 aliphatic heterocycles. The second-order valence-electron chi connectivity index (χ2n) is 6.83. The molecule has 0 spiro atoms. The third kappa shape index (κ3) is 5.02. The van der Waals surface area contributed by atoms with Crippen LogP contribution in [0.25, 0.3) is 5.65 Å². The van der Waals surface area contributed by atoms with Crippen LogP contribution in [0.1, 0.15) is 18.2 Å². The van der Waals surface area contributed by atoms with Gasteiger partial charge in [0, 0.05) is 32.1 Å². The monoisotopic (exact) mass is 430 g/mol. The summed E-state index contributed by atoms with van der Waals surface area (Å²) in [6, 6.07) is 9.47. The molecule has 2 heterocycles. The van der Waals surface area contributed by atoms with Crippen molar-refractivity contribution in [1.29, 1.82) is 0 Å². The van der Waals surface area contributed by atoms with E-state index in [1.54, 1.807) is 6.20 Å². The van der Waals surface area contributed by atoms with E-state index in [2.05, 4.69) is 10.3 Å². The summed E-state index contributed by atoms with van der Waals surface area (Å²) in [5.41, 5.74) is 2.84. The number of amides is 1. The highest BCUT2D eigenvalue weighted by Crippen LogP contribution is 2.17. The molecule has 0 saturated carbocycles. The van der Waals surface area contributed by atoms with Gasteiger partial charge in [-0.3, -0.25) is 9.59 Å². The summed E-state index contributed by atoms with van der Waals surface area (Å²) in [6.45, 7) is 2.82. The molecule has 30 heavy (non-hydrogen) atoms. The zero-order valence-corrected chi connectivity index (χ0v) is 17.6. The van der Waals surface area contributed by atoms with Crippen LogP contribution in [-0.4, -0.2) is 47.6 Å². The van der Waals surface area contributed by atoms with Crippen LogP contribution in [0.4, 0.5) is 5.69 Å². The Labute approximate surface area is 174 Å². The molecule has 10 heteroatoms. The molecule has 0 saturated heterocycles. The van der Waals surface area contributed by atoms with Crippen molar-refractivity contribution in [3.05, 3.63) is 60.0 Å². The van der Waals surface area contributed by atoms with E-state index in [-0.39, 0.29) is 17.4 Å². The number of sulfonamides is 1. The zero-order valence-electron chi connectivity index (χ0n) is 16.8. The summed E-state index contributed by atoms with van der Waals surface area (Å²) in [5, 5.41) is 2.56. The minimum Gasteiger partial charge on any atom is -0.458 e. The molecule has 1 N–H and O–H groups in total. The van der Waals surface area contributed by atoms with Crippen LogP contribution in [-0.2, 0) is 31.0 Å². The number of hydrogen-bond donors (Lipinski definition) is 1. The molecule has 0 radical (unpaired) electrons. The molecule has 0 atom stereocenters. The number of aryl methyl sites for hydroxylation is 1. The first kappa shape index (κ1) is 21.5. The lowest BCUT2D eigenvalue weighted by Crippen LogP contribution is -2.33. The fourth-order valence-electron chi connectivity index (χ4n) is 2.79. The van der Waals surface area contributed by atoms with Gasteiger partial charge in [0.15, 0.2) is 0 Å². The summed E-state index contributed by atoms with van der Waals surface area (Å²) in [5.74, 6) is -0.949. The van der Waals surface area contributed by atoms with E-state index < -0.39 is 22.5 Å². The van der Waals surface area contributed by atoms with E-state index in [0.29, 0.717) is 11.4 Å². The summed E-state index contributed by atoms with van der Waals surface area (Å²) in [4.78, 5) is 27.6. The highest BCUT2D eigenvalue weighted by molar-refractivity contribution is 7.89. The summed E-state index contributed by atoms with van der Waals surface area (Å²) in [7, 11) is -2.59. The van der Waals surface area contributed by atoms with Gasteiger partial charge < -0.3 is 14.5 Å². The minimum atomic E-state index is -3.89. The van der Waals surface area contributed by atoms with E-state index >= 15 is 0 Å². The minimum absolute atomic E-state index is 0.00243. The molecule has 0 bridgehead atoms. The predicted molar refractivity (Wildman–Crippen MR) is 110 cm³/mol. The standard InChI is InChI=1S/C20H22N4O5S/c1-14-4-9-19-22-17(11-24(19)10-14)13-29-20(26)12-23(3)30(27,28)18-7-5-16(6-8-18)21-15(2)25/h4-11H,12-13H2,1-3H3,(H,21,25). The number of likely N-dealkylation sites (N-methyl/N-ethyl adjacent to an activating group) is 1. The van der Waals surface area contributed by atoms with Crippen molar-refractivity contribution >= 4 is 33.2 Å². The molecule has 158 valence electrons. The normalized spacial score (nSPS) is 11.6. The Morgan fingerprint density at radius 1 is 1.13 bits per heavy atom. The molecule has 9 nitrogen and oxygen atoms in total. The zero-order chi connectivity index (χ0) is 21.9. The number of nitrogens with one attached hydrogen (secondary N) is 1. The van der Waals surface area contributed by atoms with Crippen LogP contribution >= 0.6 is 0 Å². The molecule has 0 unspecified atom stereocenters. The van der Waals surface area contributed by atoms with Gasteiger partial charge in [0.2, 0.25) is 15.9 Å². The molecule has 3 aromatic rings. The maximum absolute atomic E-state index is 12.6. The average Bonchev–Trinajstić information content (AvgIpc) is 3.08. The largest absolute Gasteiger partial charge is 0.458 e. The number of carbonyl (C=O) groups is 2. The fraction of sp³-hybridized carbons (Fsp3) is 0.250. The van der Waals surface area contributed by atoms with Gasteiger partial charge in [-0.2, -0.15) is 4.31 Å². The summed E-state index contributed by atoms with van der Waals surface area (Å²) < 4.78 is 33.2. The number of rotatable bonds is 7. The maximum Gasteiger partial charge on any atom is 0.321 e. The van der Waals surface area contributed by atoms with Crippen LogP contribution in [0.2, 0.25) is 0 Å². The molecular weight excluding hydrogens is 408 g/mol. The van der Waals surface area contributed by atoms with Crippen molar-refractivity contribution < 1.29 is 22.7 Å². The van der Waals surface area contributed by atoms with Crippen LogP contribution in [0.15, 0.2) is 53.7 Å². The lowest BCUT2D eigenvalue weighted by molar-refractivity contribution is -0.145. The van der Waals surface area contributed by atoms with Crippen molar-refractivity contribution in [2.75, 3.05) is 18.9 Å². The Kier molecular flexibility index (Phi) is 6.18. The van der Waals surface area contributed by atoms with E-state index in [4.69, 9.17) is 4.74 Å². The number of hydrogen-bond acceptors (Lipinski definition) is 6. The quantitative estimate of drug-likeness (QED) is 0.574. The average molecular weight is 430 g/mol. The Morgan fingerprint density at radius 3 is 2.50 bits per heavy atom. The topological polar surface area (TPSA) is 110 Å². The number of nitrogens with zero attached hydrogens (tertiary/aromatic N) is 3. The number of aromatic nitrogens is 2. The van der Waals surface area contributed by atoms with E-state index in [9.17, 15) is 18.0 Å². The van der Waals surface area contributed by atoms with Crippen molar-refractivity contribution in [2.45, 2.75) is 25.3 Å². The van der Waals surface area contributed by atoms with E-state index in [1.807, 2.05) is 29.7 Å². The van der Waals surface area contributed by atoms with Crippen LogP contribution < -0.4 is 5.32 Å². The van der Waals surface area contributed by atoms with Crippen molar-refractivity contribution in [3.63, 3.8) is 0 Å². The summed E-state index contributed by atoms with van der Waals surface area (Å²) in [6.07, 6.45) is 3.66.